The number of nitrogens with one attached hydrogen (secondary N) is 2. The quantitative estimate of drug-likeness (QED) is 0.338. The molecule has 1 aliphatic heterocycles. The molecule has 35 heavy (non-hydrogen) atoms. The number of hydrogen-bond donors (Lipinski definition) is 4. The molecule has 0 fully saturated rings. The van der Waals surface area contributed by atoms with Gasteiger partial charge in [-0.2, -0.15) is 0 Å². The van der Waals surface area contributed by atoms with Crippen LogP contribution >= 0.6 is 0 Å². The third-order valence-corrected chi connectivity index (χ3v) is 6.26. The van der Waals surface area contributed by atoms with Crippen molar-refractivity contribution in [1.82, 2.24) is 9.88 Å². The maximum absolute atomic E-state index is 12.8. The second kappa shape index (κ2) is 9.60. The van der Waals surface area contributed by atoms with Crippen LogP contribution in [0.25, 0.3) is 0 Å². The van der Waals surface area contributed by atoms with Crippen molar-refractivity contribution < 1.29 is 19.8 Å². The summed E-state index contributed by atoms with van der Waals surface area (Å²) in [6.45, 7) is 7.97. The van der Waals surface area contributed by atoms with Gasteiger partial charge in [-0.05, 0) is 43.2 Å². The van der Waals surface area contributed by atoms with Crippen LogP contribution in [0.1, 0.15) is 51.7 Å². The van der Waals surface area contributed by atoms with E-state index in [0.717, 1.165) is 11.1 Å². The largest absolute Gasteiger partial charge is 0.478 e. The van der Waals surface area contributed by atoms with Gasteiger partial charge in [-0.25, -0.2) is 9.78 Å². The summed E-state index contributed by atoms with van der Waals surface area (Å²) in [6, 6.07) is 15.9. The van der Waals surface area contributed by atoms with E-state index in [0.29, 0.717) is 29.3 Å². The molecule has 2 heterocycles. The van der Waals surface area contributed by atoms with E-state index in [2.05, 4.69) is 22.2 Å². The molecule has 3 aromatic rings. The molecule has 0 spiro atoms. The van der Waals surface area contributed by atoms with Gasteiger partial charge in [-0.1, -0.05) is 36.4 Å². The van der Waals surface area contributed by atoms with Crippen molar-refractivity contribution in [3.8, 4) is 0 Å². The van der Waals surface area contributed by atoms with Crippen molar-refractivity contribution >= 4 is 29.1 Å². The van der Waals surface area contributed by atoms with Crippen molar-refractivity contribution in [3.05, 3.63) is 95.7 Å². The Morgan fingerprint density at radius 1 is 1.20 bits per heavy atom. The molecule has 0 aliphatic carbocycles. The topological polar surface area (TPSA) is 115 Å². The monoisotopic (exact) mass is 472 g/mol. The number of carbonyl (C=O) groups is 2. The highest BCUT2D eigenvalue weighted by atomic mass is 16.4. The van der Waals surface area contributed by atoms with Crippen LogP contribution in [-0.4, -0.2) is 45.1 Å². The van der Waals surface area contributed by atoms with Crippen molar-refractivity contribution in [3.63, 3.8) is 0 Å². The second-order valence-corrected chi connectivity index (χ2v) is 8.86. The zero-order valence-electron chi connectivity index (χ0n) is 19.7. The third-order valence-electron chi connectivity index (χ3n) is 6.26. The van der Waals surface area contributed by atoms with E-state index in [1.54, 1.807) is 29.2 Å². The number of fused-ring (bicyclic) bond motifs is 1. The Balaban J connectivity index is 1.64. The molecule has 1 amide bonds. The fraction of sp³-hybridized carbons (Fsp3) is 0.222. The third kappa shape index (κ3) is 4.61. The molecule has 1 atom stereocenters. The number of anilines is 3. The number of carboxylic acid groups (broad SMARTS) is 1. The molecule has 8 heteroatoms. The maximum atomic E-state index is 12.8. The Bertz CT molecular complexity index is 1270. The Kier molecular flexibility index (Phi) is 6.57. The lowest BCUT2D eigenvalue weighted by molar-refractivity contribution is 0.0650. The van der Waals surface area contributed by atoms with Gasteiger partial charge in [-0.3, -0.25) is 4.79 Å². The number of aromatic nitrogens is 1. The number of hydrogen-bond acceptors (Lipinski definition) is 6. The summed E-state index contributed by atoms with van der Waals surface area (Å²) < 4.78 is 0. The van der Waals surface area contributed by atoms with Crippen LogP contribution in [0.4, 0.5) is 17.2 Å². The van der Waals surface area contributed by atoms with Gasteiger partial charge in [0.15, 0.2) is 0 Å². The minimum atomic E-state index is -1.13. The fourth-order valence-electron chi connectivity index (χ4n) is 4.37. The molecule has 0 saturated heterocycles. The lowest BCUT2D eigenvalue weighted by Gasteiger charge is -2.31. The van der Waals surface area contributed by atoms with Crippen LogP contribution in [0.3, 0.4) is 0 Å². The molecule has 4 rings (SSSR count). The van der Waals surface area contributed by atoms with Crippen molar-refractivity contribution in [2.45, 2.75) is 25.4 Å². The van der Waals surface area contributed by atoms with E-state index in [1.807, 2.05) is 50.2 Å². The average Bonchev–Trinajstić information content (AvgIpc) is 3.03. The Morgan fingerprint density at radius 3 is 2.60 bits per heavy atom. The van der Waals surface area contributed by atoms with Gasteiger partial charge in [0, 0.05) is 30.1 Å². The summed E-state index contributed by atoms with van der Waals surface area (Å²) in [6.07, 6.45) is 2.99. The Hall–Kier alpha value is -4.17. The molecule has 0 bridgehead atoms. The van der Waals surface area contributed by atoms with Gasteiger partial charge in [0.25, 0.3) is 5.91 Å². The summed E-state index contributed by atoms with van der Waals surface area (Å²) in [5.74, 6) is -0.744. The van der Waals surface area contributed by atoms with Crippen LogP contribution in [0, 0.1) is 0 Å². The molecule has 0 saturated carbocycles. The lowest BCUT2D eigenvalue weighted by atomic mass is 9.93. The zero-order valence-corrected chi connectivity index (χ0v) is 19.7. The first-order valence-corrected chi connectivity index (χ1v) is 11.3. The number of aliphatic hydroxyl groups excluding tert-OH is 1. The molecule has 2 aromatic carbocycles. The van der Waals surface area contributed by atoms with Gasteiger partial charge >= 0.3 is 5.97 Å². The average molecular weight is 473 g/mol. The minimum Gasteiger partial charge on any atom is -0.478 e. The Morgan fingerprint density at radius 2 is 1.94 bits per heavy atom. The second-order valence-electron chi connectivity index (χ2n) is 8.86. The molecule has 8 nitrogen and oxygen atoms in total. The van der Waals surface area contributed by atoms with Crippen LogP contribution in [0.5, 0.6) is 0 Å². The molecule has 1 aliphatic rings. The predicted octanol–water partition coefficient (Wildman–Crippen LogP) is 4.55. The molecular weight excluding hydrogens is 444 g/mol. The molecular formula is C27H28N4O4. The summed E-state index contributed by atoms with van der Waals surface area (Å²) in [5, 5.41) is 25.9. The highest BCUT2D eigenvalue weighted by Crippen LogP contribution is 2.40. The number of pyridine rings is 1. The number of nitrogens with zero attached hydrogens (tertiary/aromatic N) is 2. The van der Waals surface area contributed by atoms with Gasteiger partial charge in [-0.15, -0.1) is 6.58 Å². The molecule has 4 N–H and O–H groups in total. The molecule has 180 valence electrons. The van der Waals surface area contributed by atoms with Crippen LogP contribution in [0.15, 0.2) is 73.4 Å². The number of rotatable bonds is 9. The van der Waals surface area contributed by atoms with E-state index in [4.69, 9.17) is 0 Å². The van der Waals surface area contributed by atoms with E-state index in [9.17, 15) is 19.8 Å². The van der Waals surface area contributed by atoms with Gasteiger partial charge < -0.3 is 25.7 Å². The first-order chi connectivity index (χ1) is 16.8. The summed E-state index contributed by atoms with van der Waals surface area (Å²) in [4.78, 5) is 30.7. The lowest BCUT2D eigenvalue weighted by Crippen LogP contribution is -2.39. The van der Waals surface area contributed by atoms with E-state index < -0.39 is 17.6 Å². The molecule has 1 aromatic heterocycles. The normalized spacial score (nSPS) is 14.8. The summed E-state index contributed by atoms with van der Waals surface area (Å²) in [7, 11) is 0. The summed E-state index contributed by atoms with van der Waals surface area (Å²) in [5.41, 5.74) is 2.89. The number of aliphatic hydroxyl groups is 1. The van der Waals surface area contributed by atoms with Gasteiger partial charge in [0.2, 0.25) is 0 Å². The van der Waals surface area contributed by atoms with Crippen molar-refractivity contribution in [2.75, 3.05) is 23.8 Å². The van der Waals surface area contributed by atoms with E-state index in [1.165, 1.54) is 6.20 Å². The minimum absolute atomic E-state index is 0.00863. The number of carboxylic acids is 1. The zero-order chi connectivity index (χ0) is 25.2. The fourth-order valence-corrected chi connectivity index (χ4v) is 4.37. The molecule has 0 unspecified atom stereocenters. The standard InChI is InChI=1S/C27H28N4O4/c1-4-12-31-25(33)19-11-10-18(13-21(19)27(31,2)3)29-24-14-22(20(15-28-24)26(34)35)30-23(16-32)17-8-6-5-7-9-17/h4-11,13-15,23,32H,1,12,16H2,2-3H3,(H,34,35)(H2,28,29,30)/t23-/m1/s1. The number of carbonyl (C=O) groups excluding carboxylic acids is 1. The summed E-state index contributed by atoms with van der Waals surface area (Å²) >= 11 is 0. The van der Waals surface area contributed by atoms with E-state index in [-0.39, 0.29) is 18.1 Å². The molecule has 0 radical (unpaired) electrons. The highest BCUT2D eigenvalue weighted by Gasteiger charge is 2.42. The van der Waals surface area contributed by atoms with Gasteiger partial charge in [0.05, 0.1) is 23.9 Å². The first-order valence-electron chi connectivity index (χ1n) is 11.3. The number of benzene rings is 2. The number of aromatic carboxylic acids is 1. The van der Waals surface area contributed by atoms with Gasteiger partial charge in [0.1, 0.15) is 11.4 Å². The van der Waals surface area contributed by atoms with Crippen molar-refractivity contribution in [1.29, 1.82) is 0 Å². The van der Waals surface area contributed by atoms with Crippen LogP contribution < -0.4 is 10.6 Å². The SMILES string of the molecule is C=CCN1C(=O)c2ccc(Nc3cc(N[C@H](CO)c4ccccc4)c(C(=O)O)cn3)cc2C1(C)C. The number of amides is 1. The van der Waals surface area contributed by atoms with Crippen LogP contribution in [-0.2, 0) is 5.54 Å². The predicted molar refractivity (Wildman–Crippen MR) is 135 cm³/mol. The van der Waals surface area contributed by atoms with Crippen LogP contribution in [0.2, 0.25) is 0 Å². The first kappa shape index (κ1) is 24.0. The highest BCUT2D eigenvalue weighted by molar-refractivity contribution is 6.00. The van der Waals surface area contributed by atoms with Crippen molar-refractivity contribution in [2.24, 2.45) is 0 Å². The smallest absolute Gasteiger partial charge is 0.339 e. The Labute approximate surface area is 203 Å². The van der Waals surface area contributed by atoms with E-state index >= 15 is 0 Å². The maximum Gasteiger partial charge on any atom is 0.339 e.